The number of thiophene rings is 1. The maximum absolute atomic E-state index is 12.8. The average Bonchev–Trinajstić information content (AvgIpc) is 3.39. The summed E-state index contributed by atoms with van der Waals surface area (Å²) in [5.41, 5.74) is 2.76. The van der Waals surface area contributed by atoms with Crippen molar-refractivity contribution in [2.45, 2.75) is 0 Å². The maximum Gasteiger partial charge on any atom is 0.347 e. The highest BCUT2D eigenvalue weighted by Gasteiger charge is 2.21. The SMILES string of the molecule is COc1ccc(OC(=O)c2cn(-c3ccccc3)nc2-c2ccsc2)cc1. The first-order valence-corrected chi connectivity index (χ1v) is 9.23. The molecule has 0 spiro atoms. The molecule has 0 aliphatic carbocycles. The number of esters is 1. The van der Waals surface area contributed by atoms with Crippen LogP contribution in [-0.4, -0.2) is 22.9 Å². The van der Waals surface area contributed by atoms with Crippen molar-refractivity contribution < 1.29 is 14.3 Å². The Hall–Kier alpha value is -3.38. The second kappa shape index (κ2) is 7.47. The van der Waals surface area contributed by atoms with Crippen LogP contribution in [0.2, 0.25) is 0 Å². The molecule has 4 rings (SSSR count). The monoisotopic (exact) mass is 376 g/mol. The lowest BCUT2D eigenvalue weighted by Gasteiger charge is -2.05. The Morgan fingerprint density at radius 3 is 2.41 bits per heavy atom. The minimum Gasteiger partial charge on any atom is -0.497 e. The van der Waals surface area contributed by atoms with Gasteiger partial charge in [-0.3, -0.25) is 0 Å². The zero-order valence-electron chi connectivity index (χ0n) is 14.5. The first-order valence-electron chi connectivity index (χ1n) is 8.28. The maximum atomic E-state index is 12.8. The van der Waals surface area contributed by atoms with Crippen LogP contribution in [0.5, 0.6) is 11.5 Å². The third-order valence-electron chi connectivity index (χ3n) is 4.02. The first-order chi connectivity index (χ1) is 13.2. The number of benzene rings is 2. The van der Waals surface area contributed by atoms with Crippen LogP contribution in [-0.2, 0) is 0 Å². The molecule has 0 aliphatic heterocycles. The Morgan fingerprint density at radius 2 is 1.74 bits per heavy atom. The van der Waals surface area contributed by atoms with Crippen molar-refractivity contribution in [2.75, 3.05) is 7.11 Å². The molecule has 0 saturated heterocycles. The number of hydrogen-bond acceptors (Lipinski definition) is 5. The number of ether oxygens (including phenoxy) is 2. The van der Waals surface area contributed by atoms with E-state index in [4.69, 9.17) is 9.47 Å². The van der Waals surface area contributed by atoms with E-state index in [1.165, 1.54) is 0 Å². The van der Waals surface area contributed by atoms with Gasteiger partial charge in [0.1, 0.15) is 22.8 Å². The Morgan fingerprint density at radius 1 is 1.00 bits per heavy atom. The smallest absolute Gasteiger partial charge is 0.347 e. The van der Waals surface area contributed by atoms with Crippen molar-refractivity contribution in [3.63, 3.8) is 0 Å². The third-order valence-corrected chi connectivity index (χ3v) is 4.70. The molecule has 4 aromatic rings. The molecular formula is C21H16N2O3S. The summed E-state index contributed by atoms with van der Waals surface area (Å²) in [6, 6.07) is 18.5. The summed E-state index contributed by atoms with van der Waals surface area (Å²) in [5, 5.41) is 8.53. The molecule has 0 radical (unpaired) electrons. The van der Waals surface area contributed by atoms with Crippen LogP contribution in [0.1, 0.15) is 10.4 Å². The minimum atomic E-state index is -0.455. The van der Waals surface area contributed by atoms with E-state index in [0.29, 0.717) is 22.8 Å². The Balaban J connectivity index is 1.69. The number of para-hydroxylation sites is 1. The van der Waals surface area contributed by atoms with E-state index in [-0.39, 0.29) is 0 Å². The topological polar surface area (TPSA) is 53.4 Å². The van der Waals surface area contributed by atoms with Gasteiger partial charge in [-0.05, 0) is 47.8 Å². The molecular weight excluding hydrogens is 360 g/mol. The van der Waals surface area contributed by atoms with Crippen molar-refractivity contribution in [2.24, 2.45) is 0 Å². The quantitative estimate of drug-likeness (QED) is 0.370. The summed E-state index contributed by atoms with van der Waals surface area (Å²) in [7, 11) is 1.59. The van der Waals surface area contributed by atoms with E-state index in [1.54, 1.807) is 53.6 Å². The van der Waals surface area contributed by atoms with Crippen LogP contribution in [0.3, 0.4) is 0 Å². The first kappa shape index (κ1) is 17.1. The van der Waals surface area contributed by atoms with E-state index >= 15 is 0 Å². The third kappa shape index (κ3) is 3.61. The summed E-state index contributed by atoms with van der Waals surface area (Å²) < 4.78 is 12.4. The summed E-state index contributed by atoms with van der Waals surface area (Å²) in [4.78, 5) is 12.8. The highest BCUT2D eigenvalue weighted by molar-refractivity contribution is 7.08. The van der Waals surface area contributed by atoms with Gasteiger partial charge in [-0.2, -0.15) is 16.4 Å². The largest absolute Gasteiger partial charge is 0.497 e. The van der Waals surface area contributed by atoms with Gasteiger partial charge in [-0.15, -0.1) is 0 Å². The van der Waals surface area contributed by atoms with E-state index < -0.39 is 5.97 Å². The van der Waals surface area contributed by atoms with Crippen molar-refractivity contribution in [3.05, 3.63) is 83.2 Å². The molecule has 5 nitrogen and oxygen atoms in total. The van der Waals surface area contributed by atoms with E-state index in [9.17, 15) is 4.79 Å². The van der Waals surface area contributed by atoms with Gasteiger partial charge in [-0.1, -0.05) is 18.2 Å². The summed E-state index contributed by atoms with van der Waals surface area (Å²) in [6.07, 6.45) is 1.70. The van der Waals surface area contributed by atoms with Gasteiger partial charge >= 0.3 is 5.97 Å². The molecule has 0 atom stereocenters. The van der Waals surface area contributed by atoms with Crippen LogP contribution < -0.4 is 9.47 Å². The molecule has 0 amide bonds. The predicted octanol–water partition coefficient (Wildman–Crippen LogP) is 4.83. The lowest BCUT2D eigenvalue weighted by atomic mass is 10.1. The zero-order valence-corrected chi connectivity index (χ0v) is 15.3. The average molecular weight is 376 g/mol. The van der Waals surface area contributed by atoms with Gasteiger partial charge < -0.3 is 9.47 Å². The van der Waals surface area contributed by atoms with Gasteiger partial charge in [0.05, 0.1) is 12.8 Å². The number of aromatic nitrogens is 2. The van der Waals surface area contributed by atoms with Crippen LogP contribution in [0, 0.1) is 0 Å². The van der Waals surface area contributed by atoms with Crippen LogP contribution in [0.4, 0.5) is 0 Å². The Bertz CT molecular complexity index is 1040. The fourth-order valence-electron chi connectivity index (χ4n) is 2.65. The molecule has 6 heteroatoms. The molecule has 0 saturated carbocycles. The molecule has 0 N–H and O–H groups in total. The number of nitrogens with zero attached hydrogens (tertiary/aromatic N) is 2. The van der Waals surface area contributed by atoms with E-state index in [2.05, 4.69) is 5.10 Å². The highest BCUT2D eigenvalue weighted by Crippen LogP contribution is 2.27. The van der Waals surface area contributed by atoms with Crippen molar-refractivity contribution in [3.8, 4) is 28.4 Å². The Labute approximate surface area is 160 Å². The minimum absolute atomic E-state index is 0.410. The van der Waals surface area contributed by atoms with Gasteiger partial charge in [0.2, 0.25) is 0 Å². The van der Waals surface area contributed by atoms with Gasteiger partial charge in [0.15, 0.2) is 0 Å². The highest BCUT2D eigenvalue weighted by atomic mass is 32.1. The molecule has 0 fully saturated rings. The fraction of sp³-hybridized carbons (Fsp3) is 0.0476. The number of carbonyl (C=O) groups excluding carboxylic acids is 1. The van der Waals surface area contributed by atoms with Gasteiger partial charge in [-0.25, -0.2) is 9.48 Å². The van der Waals surface area contributed by atoms with Crippen LogP contribution in [0.25, 0.3) is 16.9 Å². The summed E-state index contributed by atoms with van der Waals surface area (Å²) in [5.74, 6) is 0.693. The second-order valence-corrected chi connectivity index (χ2v) is 6.53. The lowest BCUT2D eigenvalue weighted by molar-refractivity contribution is 0.0735. The molecule has 0 aliphatic rings. The Kier molecular flexibility index (Phi) is 4.72. The molecule has 0 bridgehead atoms. The predicted molar refractivity (Wildman–Crippen MR) is 105 cm³/mol. The molecule has 2 heterocycles. The number of carbonyl (C=O) groups is 1. The lowest BCUT2D eigenvalue weighted by Crippen LogP contribution is -2.08. The number of methoxy groups -OCH3 is 1. The number of hydrogen-bond donors (Lipinski definition) is 0. The second-order valence-electron chi connectivity index (χ2n) is 5.75. The number of rotatable bonds is 5. The molecule has 2 aromatic carbocycles. The van der Waals surface area contributed by atoms with Crippen molar-refractivity contribution in [1.82, 2.24) is 9.78 Å². The van der Waals surface area contributed by atoms with Gasteiger partial charge in [0, 0.05) is 17.1 Å². The zero-order chi connectivity index (χ0) is 18.6. The standard InChI is InChI=1S/C21H16N2O3S/c1-25-17-7-9-18(10-8-17)26-21(24)19-13-23(16-5-3-2-4-6-16)22-20(19)15-11-12-27-14-15/h2-14H,1H3. The van der Waals surface area contributed by atoms with Crippen LogP contribution in [0.15, 0.2) is 77.6 Å². The fourth-order valence-corrected chi connectivity index (χ4v) is 3.30. The van der Waals surface area contributed by atoms with Crippen molar-refractivity contribution in [1.29, 1.82) is 0 Å². The molecule has 27 heavy (non-hydrogen) atoms. The molecule has 0 unspecified atom stereocenters. The van der Waals surface area contributed by atoms with E-state index in [1.807, 2.05) is 47.2 Å². The molecule has 2 aromatic heterocycles. The summed E-state index contributed by atoms with van der Waals surface area (Å²) >= 11 is 1.55. The van der Waals surface area contributed by atoms with Crippen molar-refractivity contribution >= 4 is 17.3 Å². The molecule has 134 valence electrons. The summed E-state index contributed by atoms with van der Waals surface area (Å²) in [6.45, 7) is 0. The van der Waals surface area contributed by atoms with E-state index in [0.717, 1.165) is 11.3 Å². The van der Waals surface area contributed by atoms with Gasteiger partial charge in [0.25, 0.3) is 0 Å². The normalized spacial score (nSPS) is 10.6. The van der Waals surface area contributed by atoms with Crippen LogP contribution >= 0.6 is 11.3 Å².